The molecule has 0 saturated carbocycles. The van der Waals surface area contributed by atoms with Crippen LogP contribution in [0.5, 0.6) is 0 Å². The van der Waals surface area contributed by atoms with Crippen molar-refractivity contribution in [2.45, 2.75) is 57.8 Å². The average Bonchev–Trinajstić information content (AvgIpc) is 2.60. The van der Waals surface area contributed by atoms with Crippen molar-refractivity contribution in [2.24, 2.45) is 0 Å². The van der Waals surface area contributed by atoms with E-state index >= 15 is 0 Å². The predicted molar refractivity (Wildman–Crippen MR) is 105 cm³/mol. The van der Waals surface area contributed by atoms with Crippen LogP contribution in [-0.2, 0) is 18.9 Å². The van der Waals surface area contributed by atoms with Crippen LogP contribution in [0.4, 0.5) is 4.79 Å². The Labute approximate surface area is 163 Å². The summed E-state index contributed by atoms with van der Waals surface area (Å²) in [6, 6.07) is 0. The van der Waals surface area contributed by atoms with Crippen LogP contribution in [-0.4, -0.2) is 57.4 Å². The van der Waals surface area contributed by atoms with E-state index in [0.29, 0.717) is 33.0 Å². The molecule has 0 aliphatic rings. The highest BCUT2D eigenvalue weighted by Crippen LogP contribution is 2.09. The quantitative estimate of drug-likeness (QED) is 0.180. The molecule has 0 atom stereocenters. The molecule has 0 unspecified atom stereocenters. The molecule has 0 aromatic heterocycles. The lowest BCUT2D eigenvalue weighted by Crippen LogP contribution is -2.12. The zero-order valence-corrected chi connectivity index (χ0v) is 17.0. The molecule has 0 N–H and O–H groups in total. The molecule has 0 radical (unpaired) electrons. The van der Waals surface area contributed by atoms with E-state index in [0.717, 1.165) is 18.8 Å². The summed E-state index contributed by atoms with van der Waals surface area (Å²) in [4.78, 5) is 10.3. The van der Waals surface area contributed by atoms with Crippen LogP contribution in [0, 0.1) is 0 Å². The fourth-order valence-electron chi connectivity index (χ4n) is 2.28. The zero-order valence-electron chi connectivity index (χ0n) is 15.4. The van der Waals surface area contributed by atoms with E-state index in [1.165, 1.54) is 51.4 Å². The van der Waals surface area contributed by atoms with Gasteiger partial charge in [0.2, 0.25) is 0 Å². The van der Waals surface area contributed by atoms with E-state index in [1.807, 2.05) is 0 Å². The molecule has 0 aliphatic heterocycles. The van der Waals surface area contributed by atoms with Gasteiger partial charge in [0.05, 0.1) is 33.0 Å². The summed E-state index contributed by atoms with van der Waals surface area (Å²) in [6.45, 7) is 3.48. The molecule has 0 saturated heterocycles. The molecule has 150 valence electrons. The molecule has 0 rings (SSSR count). The summed E-state index contributed by atoms with van der Waals surface area (Å²) >= 11 is 9.23. The van der Waals surface area contributed by atoms with Crippen LogP contribution in [0.15, 0.2) is 0 Å². The summed E-state index contributed by atoms with van der Waals surface area (Å²) in [7, 11) is 0. The summed E-state index contributed by atoms with van der Waals surface area (Å²) in [5.74, 6) is 1.02. The fourth-order valence-corrected chi connectivity index (χ4v) is 2.58. The second-order valence-corrected chi connectivity index (χ2v) is 6.58. The molecular weight excluding hydrogens is 364 g/mol. The van der Waals surface area contributed by atoms with Gasteiger partial charge in [0.1, 0.15) is 6.61 Å². The molecule has 0 aliphatic carbocycles. The Bertz CT molecular complexity index is 282. The Kier molecular flexibility index (Phi) is 22.0. The Balaban J connectivity index is 2.97. The number of unbranched alkanes of at least 4 members (excludes halogenated alkanes) is 8. The first-order valence-corrected chi connectivity index (χ1v) is 10.4. The minimum atomic E-state index is -0.808. The first kappa shape index (κ1) is 25.0. The van der Waals surface area contributed by atoms with Crippen molar-refractivity contribution in [3.8, 4) is 0 Å². The molecule has 0 aromatic rings. The van der Waals surface area contributed by atoms with E-state index in [4.69, 9.17) is 25.8 Å². The maximum Gasteiger partial charge on any atom is 0.403 e. The van der Waals surface area contributed by atoms with Crippen molar-refractivity contribution < 1.29 is 23.7 Å². The molecule has 0 amide bonds. The third-order valence-corrected chi connectivity index (χ3v) is 4.06. The number of thiol groups is 1. The van der Waals surface area contributed by atoms with Crippen molar-refractivity contribution in [3.05, 3.63) is 0 Å². The largest absolute Gasteiger partial charge is 0.451 e. The third-order valence-electron chi connectivity index (χ3n) is 3.63. The molecule has 0 fully saturated rings. The van der Waals surface area contributed by atoms with Crippen LogP contribution in [0.2, 0.25) is 0 Å². The minimum Gasteiger partial charge on any atom is -0.451 e. The Morgan fingerprint density at radius 3 is 1.48 bits per heavy atom. The lowest BCUT2D eigenvalue weighted by molar-refractivity contribution is 0.00653. The van der Waals surface area contributed by atoms with Gasteiger partial charge in [-0.3, -0.25) is 0 Å². The topological polar surface area (TPSA) is 54.0 Å². The van der Waals surface area contributed by atoms with Gasteiger partial charge >= 0.3 is 5.43 Å². The molecule has 0 spiro atoms. The Hall–Kier alpha value is -0.0100. The van der Waals surface area contributed by atoms with Gasteiger partial charge in [-0.2, -0.15) is 12.6 Å². The Morgan fingerprint density at radius 2 is 1.00 bits per heavy atom. The number of halogens is 1. The van der Waals surface area contributed by atoms with Gasteiger partial charge in [0.25, 0.3) is 0 Å². The standard InChI is InChI=1S/C18H35ClO5S/c19-18(20)24-16-15-23-14-13-22-12-11-21-10-8-6-4-2-1-3-5-7-9-17-25/h25H,1-17H2. The van der Waals surface area contributed by atoms with E-state index in [1.54, 1.807) is 0 Å². The highest BCUT2D eigenvalue weighted by molar-refractivity contribution is 7.80. The maximum absolute atomic E-state index is 10.3. The van der Waals surface area contributed by atoms with Crippen LogP contribution in [0.3, 0.4) is 0 Å². The summed E-state index contributed by atoms with van der Waals surface area (Å²) < 4.78 is 20.6. The number of rotatable bonds is 20. The van der Waals surface area contributed by atoms with Crippen molar-refractivity contribution in [1.82, 2.24) is 0 Å². The summed E-state index contributed by atoms with van der Waals surface area (Å²) in [5, 5.41) is 0. The van der Waals surface area contributed by atoms with Gasteiger partial charge in [-0.1, -0.05) is 44.9 Å². The van der Waals surface area contributed by atoms with Crippen molar-refractivity contribution in [3.63, 3.8) is 0 Å². The third kappa shape index (κ3) is 24.0. The van der Waals surface area contributed by atoms with Crippen LogP contribution in [0.1, 0.15) is 57.8 Å². The van der Waals surface area contributed by atoms with Gasteiger partial charge in [-0.05, 0) is 18.6 Å². The molecule has 0 bridgehead atoms. The van der Waals surface area contributed by atoms with Crippen molar-refractivity contribution in [1.29, 1.82) is 0 Å². The number of carbonyl (C=O) groups is 1. The SMILES string of the molecule is O=C(Cl)OCCOCCOCCOCCCCCCCCCCCS. The van der Waals surface area contributed by atoms with Crippen molar-refractivity contribution in [2.75, 3.05) is 52.0 Å². The van der Waals surface area contributed by atoms with E-state index < -0.39 is 5.43 Å². The lowest BCUT2D eigenvalue weighted by atomic mass is 10.1. The van der Waals surface area contributed by atoms with Crippen LogP contribution < -0.4 is 0 Å². The molecule has 7 heteroatoms. The number of carbonyl (C=O) groups excluding carboxylic acids is 1. The molecule has 0 aromatic carbocycles. The minimum absolute atomic E-state index is 0.168. The summed E-state index contributed by atoms with van der Waals surface area (Å²) in [5.41, 5.74) is -0.808. The number of ether oxygens (including phenoxy) is 4. The normalized spacial score (nSPS) is 11.0. The molecule has 0 heterocycles. The van der Waals surface area contributed by atoms with Gasteiger partial charge in [-0.15, -0.1) is 0 Å². The Morgan fingerprint density at radius 1 is 0.600 bits per heavy atom. The smallest absolute Gasteiger partial charge is 0.403 e. The number of hydrogen-bond donors (Lipinski definition) is 1. The second kappa shape index (κ2) is 22.0. The van der Waals surface area contributed by atoms with Gasteiger partial charge < -0.3 is 18.9 Å². The molecule has 5 nitrogen and oxygen atoms in total. The van der Waals surface area contributed by atoms with Crippen LogP contribution in [0.25, 0.3) is 0 Å². The lowest BCUT2D eigenvalue weighted by Gasteiger charge is -2.07. The zero-order chi connectivity index (χ0) is 18.4. The highest BCUT2D eigenvalue weighted by Gasteiger charge is 1.96. The first-order valence-electron chi connectivity index (χ1n) is 9.43. The van der Waals surface area contributed by atoms with E-state index in [-0.39, 0.29) is 6.61 Å². The predicted octanol–water partition coefficient (Wildman–Crippen LogP) is 4.85. The molecule has 25 heavy (non-hydrogen) atoms. The van der Waals surface area contributed by atoms with E-state index in [2.05, 4.69) is 17.4 Å². The van der Waals surface area contributed by atoms with Crippen LogP contribution >= 0.6 is 24.2 Å². The average molecular weight is 399 g/mol. The highest BCUT2D eigenvalue weighted by atomic mass is 35.5. The van der Waals surface area contributed by atoms with E-state index in [9.17, 15) is 4.79 Å². The number of hydrogen-bond acceptors (Lipinski definition) is 6. The van der Waals surface area contributed by atoms with Gasteiger partial charge in [0.15, 0.2) is 0 Å². The fraction of sp³-hybridized carbons (Fsp3) is 0.944. The van der Waals surface area contributed by atoms with Crippen molar-refractivity contribution >= 4 is 29.7 Å². The van der Waals surface area contributed by atoms with Gasteiger partial charge in [0, 0.05) is 18.2 Å². The first-order chi connectivity index (χ1) is 12.3. The molecular formula is C18H35ClO5S. The second-order valence-electron chi connectivity index (χ2n) is 5.83. The monoisotopic (exact) mass is 398 g/mol. The summed E-state index contributed by atoms with van der Waals surface area (Å²) in [6.07, 6.45) is 11.7. The van der Waals surface area contributed by atoms with Gasteiger partial charge in [-0.25, -0.2) is 4.79 Å². The maximum atomic E-state index is 10.3.